The van der Waals surface area contributed by atoms with E-state index in [-0.39, 0.29) is 6.10 Å². The summed E-state index contributed by atoms with van der Waals surface area (Å²) in [4.78, 5) is 15.7. The number of aromatic nitrogens is 3. The maximum Gasteiger partial charge on any atom is 0.323 e. The second-order valence-corrected chi connectivity index (χ2v) is 5.76. The van der Waals surface area contributed by atoms with Crippen molar-refractivity contribution in [3.63, 3.8) is 0 Å². The molecule has 1 aromatic heterocycles. The molecule has 0 amide bonds. The third kappa shape index (κ3) is 4.19. The minimum Gasteiger partial charge on any atom is -0.461 e. The van der Waals surface area contributed by atoms with Crippen LogP contribution in [0.1, 0.15) is 52.9 Å². The van der Waals surface area contributed by atoms with Crippen molar-refractivity contribution >= 4 is 11.9 Å². The van der Waals surface area contributed by atoms with Gasteiger partial charge in [0.25, 0.3) is 0 Å². The highest BCUT2D eigenvalue weighted by atomic mass is 16.5. The van der Waals surface area contributed by atoms with E-state index in [4.69, 9.17) is 4.74 Å². The maximum absolute atomic E-state index is 5.66. The van der Waals surface area contributed by atoms with Gasteiger partial charge in [-0.15, -0.1) is 0 Å². The molecule has 1 unspecified atom stereocenters. The average Bonchev–Trinajstić information content (AvgIpc) is 2.71. The van der Waals surface area contributed by atoms with Crippen LogP contribution in [0.2, 0.25) is 0 Å². The summed E-state index contributed by atoms with van der Waals surface area (Å²) in [6.45, 7) is 7.19. The second kappa shape index (κ2) is 7.43. The van der Waals surface area contributed by atoms with Gasteiger partial charge in [0.2, 0.25) is 11.9 Å². The number of rotatable bonds is 5. The first-order chi connectivity index (χ1) is 10.1. The molecule has 2 rings (SSSR count). The molecule has 0 bridgehead atoms. The van der Waals surface area contributed by atoms with Crippen molar-refractivity contribution in [2.24, 2.45) is 0 Å². The minimum absolute atomic E-state index is 0.0519. The van der Waals surface area contributed by atoms with Gasteiger partial charge < -0.3 is 15.0 Å². The van der Waals surface area contributed by atoms with Crippen LogP contribution < -0.4 is 15.0 Å². The normalized spacial score (nSPS) is 19.5. The third-order valence-electron chi connectivity index (χ3n) is 3.77. The summed E-state index contributed by atoms with van der Waals surface area (Å²) in [5, 5.41) is 3.00. The summed E-state index contributed by atoms with van der Waals surface area (Å²) in [5.41, 5.74) is 0. The molecule has 0 saturated carbocycles. The lowest BCUT2D eigenvalue weighted by Gasteiger charge is -2.29. The smallest absolute Gasteiger partial charge is 0.323 e. The van der Waals surface area contributed by atoms with E-state index in [0.29, 0.717) is 18.0 Å². The highest BCUT2D eigenvalue weighted by molar-refractivity contribution is 5.39. The largest absolute Gasteiger partial charge is 0.461 e. The molecular formula is C15H27N5O. The highest BCUT2D eigenvalue weighted by Crippen LogP contribution is 2.25. The van der Waals surface area contributed by atoms with Gasteiger partial charge in [-0.2, -0.15) is 15.0 Å². The Morgan fingerprint density at radius 2 is 2.05 bits per heavy atom. The molecule has 1 saturated heterocycles. The minimum atomic E-state index is 0.0519. The first kappa shape index (κ1) is 15.8. The Morgan fingerprint density at radius 1 is 1.24 bits per heavy atom. The Hall–Kier alpha value is -1.59. The Morgan fingerprint density at radius 3 is 2.71 bits per heavy atom. The zero-order valence-electron chi connectivity index (χ0n) is 13.6. The van der Waals surface area contributed by atoms with Gasteiger partial charge in [-0.3, -0.25) is 0 Å². The van der Waals surface area contributed by atoms with Crippen molar-refractivity contribution in [3.05, 3.63) is 0 Å². The number of ether oxygens (including phenoxy) is 1. The zero-order chi connectivity index (χ0) is 15.2. The number of nitrogens with one attached hydrogen (secondary N) is 1. The van der Waals surface area contributed by atoms with Crippen LogP contribution in [0.5, 0.6) is 6.01 Å². The van der Waals surface area contributed by atoms with Crippen LogP contribution in [0.15, 0.2) is 0 Å². The fraction of sp³-hybridized carbons (Fsp3) is 0.800. The monoisotopic (exact) mass is 293 g/mol. The maximum atomic E-state index is 5.66. The molecular weight excluding hydrogens is 266 g/mol. The van der Waals surface area contributed by atoms with Crippen molar-refractivity contribution in [1.29, 1.82) is 0 Å². The molecule has 1 aromatic rings. The van der Waals surface area contributed by atoms with Gasteiger partial charge >= 0.3 is 6.01 Å². The fourth-order valence-electron chi connectivity index (χ4n) is 2.71. The summed E-state index contributed by atoms with van der Waals surface area (Å²) >= 11 is 0. The third-order valence-corrected chi connectivity index (χ3v) is 3.77. The van der Waals surface area contributed by atoms with E-state index in [1.807, 2.05) is 20.9 Å². The molecule has 1 fully saturated rings. The second-order valence-electron chi connectivity index (χ2n) is 5.76. The number of hydrogen-bond acceptors (Lipinski definition) is 6. The lowest BCUT2D eigenvalue weighted by molar-refractivity contribution is 0.222. The molecule has 1 aliphatic rings. The average molecular weight is 293 g/mol. The van der Waals surface area contributed by atoms with E-state index < -0.39 is 0 Å². The van der Waals surface area contributed by atoms with E-state index in [1.165, 1.54) is 25.7 Å². The van der Waals surface area contributed by atoms with Gasteiger partial charge in [0, 0.05) is 19.6 Å². The molecule has 0 aliphatic carbocycles. The molecule has 118 valence electrons. The summed E-state index contributed by atoms with van der Waals surface area (Å²) in [7, 11) is 1.82. The van der Waals surface area contributed by atoms with Crippen LogP contribution in [-0.4, -0.2) is 40.7 Å². The van der Waals surface area contributed by atoms with Crippen LogP contribution >= 0.6 is 0 Å². The summed E-state index contributed by atoms with van der Waals surface area (Å²) in [5.74, 6) is 1.30. The van der Waals surface area contributed by atoms with E-state index in [0.717, 1.165) is 18.9 Å². The van der Waals surface area contributed by atoms with Crippen LogP contribution in [0.3, 0.4) is 0 Å². The summed E-state index contributed by atoms with van der Waals surface area (Å²) in [6.07, 6.45) is 6.13. The van der Waals surface area contributed by atoms with Gasteiger partial charge in [-0.1, -0.05) is 19.8 Å². The highest BCUT2D eigenvalue weighted by Gasteiger charge is 2.23. The van der Waals surface area contributed by atoms with Gasteiger partial charge in [-0.05, 0) is 33.1 Å². The van der Waals surface area contributed by atoms with Crippen molar-refractivity contribution in [2.75, 3.05) is 23.8 Å². The molecule has 6 nitrogen and oxygen atoms in total. The molecule has 0 aromatic carbocycles. The van der Waals surface area contributed by atoms with Crippen LogP contribution in [0, 0.1) is 0 Å². The number of nitrogens with zero attached hydrogens (tertiary/aromatic N) is 4. The lowest BCUT2D eigenvalue weighted by atomic mass is 10.1. The van der Waals surface area contributed by atoms with E-state index in [1.54, 1.807) is 0 Å². The first-order valence-corrected chi connectivity index (χ1v) is 8.01. The van der Waals surface area contributed by atoms with Gasteiger partial charge in [0.05, 0.1) is 6.10 Å². The Bertz CT molecular complexity index is 452. The molecule has 0 spiro atoms. The van der Waals surface area contributed by atoms with Crippen molar-refractivity contribution in [2.45, 2.75) is 65.0 Å². The number of hydrogen-bond donors (Lipinski definition) is 1. The molecule has 2 heterocycles. The van der Waals surface area contributed by atoms with Gasteiger partial charge in [0.15, 0.2) is 0 Å². The molecule has 0 radical (unpaired) electrons. The fourth-order valence-corrected chi connectivity index (χ4v) is 2.71. The Labute approximate surface area is 127 Å². The molecule has 6 heteroatoms. The summed E-state index contributed by atoms with van der Waals surface area (Å²) in [6, 6.07) is 0.907. The molecule has 1 aliphatic heterocycles. The van der Waals surface area contributed by atoms with Crippen molar-refractivity contribution in [3.8, 4) is 6.01 Å². The summed E-state index contributed by atoms with van der Waals surface area (Å²) < 4.78 is 5.66. The molecule has 21 heavy (non-hydrogen) atoms. The predicted octanol–water partition coefficient (Wildman–Crippen LogP) is 2.86. The molecule has 1 atom stereocenters. The lowest BCUT2D eigenvalue weighted by Crippen LogP contribution is -2.36. The Kier molecular flexibility index (Phi) is 5.59. The Balaban J connectivity index is 2.30. The topological polar surface area (TPSA) is 63.2 Å². The van der Waals surface area contributed by atoms with Gasteiger partial charge in [0.1, 0.15) is 0 Å². The van der Waals surface area contributed by atoms with Gasteiger partial charge in [-0.25, -0.2) is 0 Å². The van der Waals surface area contributed by atoms with E-state index >= 15 is 0 Å². The van der Waals surface area contributed by atoms with E-state index in [2.05, 4.69) is 32.1 Å². The van der Waals surface area contributed by atoms with Crippen molar-refractivity contribution in [1.82, 2.24) is 15.0 Å². The van der Waals surface area contributed by atoms with E-state index in [9.17, 15) is 0 Å². The van der Waals surface area contributed by atoms with Crippen LogP contribution in [0.4, 0.5) is 11.9 Å². The van der Waals surface area contributed by atoms with Crippen molar-refractivity contribution < 1.29 is 4.74 Å². The standard InChI is InChI=1S/C15H27N5O/c1-5-12-9-7-6-8-10-20(12)14-17-13(16-4)18-15(19-14)21-11(2)3/h11-12H,5-10H2,1-4H3,(H,16,17,18,19). The SMILES string of the molecule is CCC1CCCCCN1c1nc(NC)nc(OC(C)C)n1. The van der Waals surface area contributed by atoms with Crippen LogP contribution in [0.25, 0.3) is 0 Å². The first-order valence-electron chi connectivity index (χ1n) is 8.01. The quantitative estimate of drug-likeness (QED) is 0.900. The number of anilines is 2. The van der Waals surface area contributed by atoms with Crippen LogP contribution in [-0.2, 0) is 0 Å². The predicted molar refractivity (Wildman–Crippen MR) is 85.0 cm³/mol. The zero-order valence-corrected chi connectivity index (χ0v) is 13.6. The molecule has 1 N–H and O–H groups in total.